The summed E-state index contributed by atoms with van der Waals surface area (Å²) < 4.78 is 18.2. The predicted molar refractivity (Wildman–Crippen MR) is 69.3 cm³/mol. The van der Waals surface area contributed by atoms with Gasteiger partial charge in [-0.3, -0.25) is 0 Å². The van der Waals surface area contributed by atoms with E-state index < -0.39 is 23.6 Å². The van der Waals surface area contributed by atoms with Crippen molar-refractivity contribution in [3.8, 4) is 6.07 Å². The second kappa shape index (κ2) is 6.15. The van der Waals surface area contributed by atoms with Crippen LogP contribution < -0.4 is 5.32 Å². The molecule has 0 spiro atoms. The smallest absolute Gasteiger partial charge is 0.408 e. The fourth-order valence-electron chi connectivity index (χ4n) is 1.45. The van der Waals surface area contributed by atoms with Crippen LogP contribution in [-0.4, -0.2) is 18.0 Å². The zero-order valence-corrected chi connectivity index (χ0v) is 11.4. The molecule has 1 amide bonds. The molecule has 6 heteroatoms. The van der Waals surface area contributed by atoms with Crippen molar-refractivity contribution in [1.29, 1.82) is 5.26 Å². The van der Waals surface area contributed by atoms with Crippen molar-refractivity contribution >= 4 is 12.4 Å². The Balaban J connectivity index is 2.90. The zero-order chi connectivity index (χ0) is 15.3. The molecule has 1 N–H and O–H groups in total. The number of alkyl carbamates (subject to hydrolysis) is 1. The monoisotopic (exact) mass is 278 g/mol. The molecule has 0 aliphatic heterocycles. The zero-order valence-electron chi connectivity index (χ0n) is 11.4. The van der Waals surface area contributed by atoms with Crippen molar-refractivity contribution in [3.05, 3.63) is 35.1 Å². The van der Waals surface area contributed by atoms with Crippen molar-refractivity contribution in [2.75, 3.05) is 0 Å². The first-order chi connectivity index (χ1) is 9.26. The number of hydrogen-bond donors (Lipinski definition) is 1. The van der Waals surface area contributed by atoms with Gasteiger partial charge in [-0.15, -0.1) is 0 Å². The lowest BCUT2D eigenvalue weighted by Gasteiger charge is -2.21. The standard InChI is InChI=1S/C14H15FN2O3/c1-14(2,3)20-13(19)17-12(8-18)9-4-5-11(15)10(6-9)7-16/h4-6,8,12H,1-3H3,(H,17,19). The summed E-state index contributed by atoms with van der Waals surface area (Å²) in [6.45, 7) is 5.07. The summed E-state index contributed by atoms with van der Waals surface area (Å²) in [4.78, 5) is 22.6. The summed E-state index contributed by atoms with van der Waals surface area (Å²) in [6.07, 6.45) is -0.282. The first kappa shape index (κ1) is 15.6. The molecule has 0 aliphatic rings. The summed E-state index contributed by atoms with van der Waals surface area (Å²) in [5.74, 6) is -0.682. The van der Waals surface area contributed by atoms with Gasteiger partial charge in [0.25, 0.3) is 0 Å². The molecule has 0 saturated carbocycles. The minimum Gasteiger partial charge on any atom is -0.444 e. The van der Waals surface area contributed by atoms with E-state index in [2.05, 4.69) is 5.32 Å². The van der Waals surface area contributed by atoms with E-state index in [0.29, 0.717) is 11.8 Å². The highest BCUT2D eigenvalue weighted by atomic mass is 19.1. The highest BCUT2D eigenvalue weighted by Crippen LogP contribution is 2.16. The molecule has 1 atom stereocenters. The van der Waals surface area contributed by atoms with Gasteiger partial charge in [-0.25, -0.2) is 9.18 Å². The van der Waals surface area contributed by atoms with Crippen LogP contribution in [0.3, 0.4) is 0 Å². The second-order valence-corrected chi connectivity index (χ2v) is 5.11. The number of hydrogen-bond acceptors (Lipinski definition) is 4. The fourth-order valence-corrected chi connectivity index (χ4v) is 1.45. The average molecular weight is 278 g/mol. The number of carbonyl (C=O) groups is 2. The molecule has 1 aromatic carbocycles. The van der Waals surface area contributed by atoms with Crippen LogP contribution in [-0.2, 0) is 9.53 Å². The Morgan fingerprint density at radius 1 is 1.50 bits per heavy atom. The molecule has 0 aliphatic carbocycles. The van der Waals surface area contributed by atoms with E-state index in [4.69, 9.17) is 10.00 Å². The molecule has 1 unspecified atom stereocenters. The van der Waals surface area contributed by atoms with Crippen LogP contribution in [0.4, 0.5) is 9.18 Å². The van der Waals surface area contributed by atoms with E-state index in [0.717, 1.165) is 6.07 Å². The summed E-state index contributed by atoms with van der Waals surface area (Å²) in [6, 6.07) is 4.28. The van der Waals surface area contributed by atoms with E-state index >= 15 is 0 Å². The maximum atomic E-state index is 13.2. The van der Waals surface area contributed by atoms with E-state index in [1.807, 2.05) is 0 Å². The predicted octanol–water partition coefficient (Wildman–Crippen LogP) is 2.46. The van der Waals surface area contributed by atoms with Gasteiger partial charge < -0.3 is 14.8 Å². The largest absolute Gasteiger partial charge is 0.444 e. The lowest BCUT2D eigenvalue weighted by atomic mass is 10.1. The van der Waals surface area contributed by atoms with Gasteiger partial charge >= 0.3 is 6.09 Å². The number of amides is 1. The number of nitrogens with one attached hydrogen (secondary N) is 1. The molecule has 1 rings (SSSR count). The Labute approximate surface area is 116 Å². The van der Waals surface area contributed by atoms with Gasteiger partial charge in [-0.2, -0.15) is 5.26 Å². The third kappa shape index (κ3) is 4.35. The number of carbonyl (C=O) groups excluding carboxylic acids is 2. The average Bonchev–Trinajstić information content (AvgIpc) is 2.34. The quantitative estimate of drug-likeness (QED) is 0.861. The third-order valence-corrected chi connectivity index (χ3v) is 2.28. The SMILES string of the molecule is CC(C)(C)OC(=O)NC(C=O)c1ccc(F)c(C#N)c1. The Kier molecular flexibility index (Phi) is 4.81. The fraction of sp³-hybridized carbons (Fsp3) is 0.357. The van der Waals surface area contributed by atoms with Crippen molar-refractivity contribution in [1.82, 2.24) is 5.32 Å². The number of nitriles is 1. The van der Waals surface area contributed by atoms with Crippen LogP contribution in [0.5, 0.6) is 0 Å². The topological polar surface area (TPSA) is 79.2 Å². The highest BCUT2D eigenvalue weighted by molar-refractivity contribution is 5.74. The molecule has 1 aromatic rings. The summed E-state index contributed by atoms with van der Waals surface area (Å²) in [7, 11) is 0. The van der Waals surface area contributed by atoms with Crippen LogP contribution in [0.15, 0.2) is 18.2 Å². The Bertz CT molecular complexity index is 559. The summed E-state index contributed by atoms with van der Waals surface area (Å²) >= 11 is 0. The molecule has 0 saturated heterocycles. The lowest BCUT2D eigenvalue weighted by molar-refractivity contribution is -0.109. The van der Waals surface area contributed by atoms with Gasteiger partial charge in [0, 0.05) is 0 Å². The van der Waals surface area contributed by atoms with Crippen LogP contribution in [0.1, 0.15) is 37.9 Å². The molecule has 20 heavy (non-hydrogen) atoms. The summed E-state index contributed by atoms with van der Waals surface area (Å²) in [5.41, 5.74) is -0.581. The van der Waals surface area contributed by atoms with Crippen molar-refractivity contribution in [2.45, 2.75) is 32.4 Å². The van der Waals surface area contributed by atoms with E-state index in [-0.39, 0.29) is 5.56 Å². The number of ether oxygens (including phenoxy) is 1. The highest BCUT2D eigenvalue weighted by Gasteiger charge is 2.20. The Morgan fingerprint density at radius 2 is 2.15 bits per heavy atom. The van der Waals surface area contributed by atoms with Gasteiger partial charge in [-0.1, -0.05) is 6.07 Å². The second-order valence-electron chi connectivity index (χ2n) is 5.11. The van der Waals surface area contributed by atoms with Gasteiger partial charge in [0.1, 0.15) is 29.8 Å². The molecule has 0 heterocycles. The number of halogens is 1. The molecule has 0 bridgehead atoms. The van der Waals surface area contributed by atoms with Gasteiger partial charge in [0.15, 0.2) is 0 Å². The Morgan fingerprint density at radius 3 is 2.65 bits per heavy atom. The van der Waals surface area contributed by atoms with E-state index in [9.17, 15) is 14.0 Å². The summed E-state index contributed by atoms with van der Waals surface area (Å²) in [5, 5.41) is 11.1. The molecule has 5 nitrogen and oxygen atoms in total. The first-order valence-electron chi connectivity index (χ1n) is 5.91. The van der Waals surface area contributed by atoms with Gasteiger partial charge in [-0.05, 0) is 38.5 Å². The van der Waals surface area contributed by atoms with Crippen molar-refractivity contribution < 1.29 is 18.7 Å². The van der Waals surface area contributed by atoms with E-state index in [1.54, 1.807) is 26.8 Å². The van der Waals surface area contributed by atoms with Crippen LogP contribution in [0, 0.1) is 17.1 Å². The maximum Gasteiger partial charge on any atom is 0.408 e. The van der Waals surface area contributed by atoms with E-state index in [1.165, 1.54) is 12.1 Å². The molecular weight excluding hydrogens is 263 g/mol. The van der Waals surface area contributed by atoms with Gasteiger partial charge in [0.2, 0.25) is 0 Å². The Hall–Kier alpha value is -2.42. The number of nitrogens with zero attached hydrogens (tertiary/aromatic N) is 1. The van der Waals surface area contributed by atoms with Crippen molar-refractivity contribution in [3.63, 3.8) is 0 Å². The number of rotatable bonds is 3. The molecule has 0 radical (unpaired) electrons. The lowest BCUT2D eigenvalue weighted by Crippen LogP contribution is -2.35. The molecular formula is C14H15FN2O3. The van der Waals surface area contributed by atoms with Gasteiger partial charge in [0.05, 0.1) is 5.56 Å². The maximum absolute atomic E-state index is 13.2. The number of aldehydes is 1. The molecule has 0 fully saturated rings. The third-order valence-electron chi connectivity index (χ3n) is 2.28. The van der Waals surface area contributed by atoms with Crippen LogP contribution in [0.2, 0.25) is 0 Å². The minimum atomic E-state index is -1.00. The van der Waals surface area contributed by atoms with Crippen LogP contribution in [0.25, 0.3) is 0 Å². The normalized spacial score (nSPS) is 12.2. The molecule has 106 valence electrons. The van der Waals surface area contributed by atoms with Crippen molar-refractivity contribution in [2.24, 2.45) is 0 Å². The minimum absolute atomic E-state index is 0.194. The molecule has 0 aromatic heterocycles. The number of benzene rings is 1. The van der Waals surface area contributed by atoms with Crippen LogP contribution >= 0.6 is 0 Å². The first-order valence-corrected chi connectivity index (χ1v) is 5.91.